The van der Waals surface area contributed by atoms with E-state index in [1.807, 2.05) is 11.8 Å². The molecule has 0 aromatic heterocycles. The molecule has 0 bridgehead atoms. The van der Waals surface area contributed by atoms with Crippen LogP contribution in [0.4, 0.5) is 0 Å². The fourth-order valence-corrected chi connectivity index (χ4v) is 2.46. The van der Waals surface area contributed by atoms with Crippen LogP contribution in [0.3, 0.4) is 0 Å². The Balaban J connectivity index is 0.00000361. The molecule has 1 fully saturated rings. The zero-order valence-corrected chi connectivity index (χ0v) is 13.4. The minimum absolute atomic E-state index is 0. The van der Waals surface area contributed by atoms with Gasteiger partial charge in [-0.2, -0.15) is 0 Å². The molecule has 1 rings (SSSR count). The van der Waals surface area contributed by atoms with E-state index in [0.717, 1.165) is 45.3 Å². The Morgan fingerprint density at radius 3 is 2.40 bits per heavy atom. The van der Waals surface area contributed by atoms with Gasteiger partial charge in [-0.3, -0.25) is 9.59 Å². The van der Waals surface area contributed by atoms with Crippen molar-refractivity contribution >= 4 is 24.2 Å². The van der Waals surface area contributed by atoms with Crippen LogP contribution in [0.5, 0.6) is 0 Å². The molecule has 2 N–H and O–H groups in total. The molecule has 0 atom stereocenters. The first-order chi connectivity index (χ1) is 9.19. The summed E-state index contributed by atoms with van der Waals surface area (Å²) in [4.78, 5) is 25.6. The van der Waals surface area contributed by atoms with Gasteiger partial charge in [0.15, 0.2) is 0 Å². The Morgan fingerprint density at radius 2 is 1.85 bits per heavy atom. The lowest BCUT2D eigenvalue weighted by Crippen LogP contribution is -2.49. The van der Waals surface area contributed by atoms with E-state index in [0.29, 0.717) is 12.5 Å². The number of carbonyl (C=O) groups excluding carboxylic acids is 2. The van der Waals surface area contributed by atoms with Gasteiger partial charge in [0.1, 0.15) is 0 Å². The molecule has 0 aromatic rings. The molecule has 118 valence electrons. The summed E-state index contributed by atoms with van der Waals surface area (Å²) in [5.41, 5.74) is 0. The molecule has 0 unspecified atom stereocenters. The Labute approximate surface area is 128 Å². The van der Waals surface area contributed by atoms with Crippen molar-refractivity contribution in [1.82, 2.24) is 15.5 Å². The first-order valence-electron chi connectivity index (χ1n) is 7.45. The van der Waals surface area contributed by atoms with Crippen molar-refractivity contribution in [1.29, 1.82) is 0 Å². The minimum atomic E-state index is -0.0300. The van der Waals surface area contributed by atoms with Crippen LogP contribution in [-0.2, 0) is 9.59 Å². The van der Waals surface area contributed by atoms with Gasteiger partial charge in [-0.1, -0.05) is 13.8 Å². The molecule has 0 aliphatic carbocycles. The summed E-state index contributed by atoms with van der Waals surface area (Å²) < 4.78 is 0. The lowest BCUT2D eigenvalue weighted by molar-refractivity contribution is -0.135. The molecule has 0 radical (unpaired) electrons. The highest BCUT2D eigenvalue weighted by Gasteiger charge is 2.24. The molecule has 0 saturated carbocycles. The number of piperidine rings is 1. The molecule has 5 nitrogen and oxygen atoms in total. The summed E-state index contributed by atoms with van der Waals surface area (Å²) in [7, 11) is 0. The first-order valence-corrected chi connectivity index (χ1v) is 7.45. The third-order valence-corrected chi connectivity index (χ3v) is 3.45. The average molecular weight is 306 g/mol. The number of halogens is 1. The van der Waals surface area contributed by atoms with Crippen molar-refractivity contribution in [2.24, 2.45) is 0 Å². The molecule has 2 amide bonds. The fraction of sp³-hybridized carbons (Fsp3) is 0.857. The molecular weight excluding hydrogens is 278 g/mol. The van der Waals surface area contributed by atoms with Gasteiger partial charge in [-0.25, -0.2) is 0 Å². The number of rotatable bonds is 7. The predicted molar refractivity (Wildman–Crippen MR) is 83.1 cm³/mol. The second kappa shape index (κ2) is 10.9. The van der Waals surface area contributed by atoms with Gasteiger partial charge in [-0.15, -0.1) is 12.4 Å². The van der Waals surface area contributed by atoms with Gasteiger partial charge in [0.2, 0.25) is 11.8 Å². The Kier molecular flexibility index (Phi) is 10.5. The van der Waals surface area contributed by atoms with E-state index < -0.39 is 0 Å². The Morgan fingerprint density at radius 1 is 1.20 bits per heavy atom. The van der Waals surface area contributed by atoms with Gasteiger partial charge in [0.25, 0.3) is 0 Å². The van der Waals surface area contributed by atoms with Crippen LogP contribution >= 0.6 is 12.4 Å². The quantitative estimate of drug-likeness (QED) is 0.745. The fourth-order valence-electron chi connectivity index (χ4n) is 2.46. The van der Waals surface area contributed by atoms with E-state index in [9.17, 15) is 9.59 Å². The summed E-state index contributed by atoms with van der Waals surface area (Å²) in [6.07, 6.45) is 4.28. The van der Waals surface area contributed by atoms with Crippen LogP contribution in [-0.4, -0.2) is 48.9 Å². The van der Waals surface area contributed by atoms with Crippen molar-refractivity contribution in [2.75, 3.05) is 26.2 Å². The maximum absolute atomic E-state index is 12.2. The van der Waals surface area contributed by atoms with Gasteiger partial charge < -0.3 is 15.5 Å². The smallest absolute Gasteiger partial charge is 0.242 e. The van der Waals surface area contributed by atoms with Crippen LogP contribution in [0.2, 0.25) is 0 Å². The van der Waals surface area contributed by atoms with E-state index >= 15 is 0 Å². The maximum Gasteiger partial charge on any atom is 0.242 e. The molecule has 1 aliphatic rings. The third-order valence-electron chi connectivity index (χ3n) is 3.45. The SMILES string of the molecule is CCCC(=O)NCC(=O)N(CCC)C1CCNCC1.Cl. The van der Waals surface area contributed by atoms with Crippen LogP contribution in [0.15, 0.2) is 0 Å². The van der Waals surface area contributed by atoms with Crippen molar-refractivity contribution in [2.45, 2.75) is 52.0 Å². The second-order valence-corrected chi connectivity index (χ2v) is 5.10. The Bertz CT molecular complexity index is 294. The molecule has 1 aliphatic heterocycles. The zero-order chi connectivity index (χ0) is 14.1. The highest BCUT2D eigenvalue weighted by Crippen LogP contribution is 2.12. The van der Waals surface area contributed by atoms with Crippen molar-refractivity contribution in [3.05, 3.63) is 0 Å². The van der Waals surface area contributed by atoms with Crippen LogP contribution in [0.25, 0.3) is 0 Å². The third kappa shape index (κ3) is 6.57. The monoisotopic (exact) mass is 305 g/mol. The Hall–Kier alpha value is -0.810. The lowest BCUT2D eigenvalue weighted by atomic mass is 10.0. The standard InChI is InChI=1S/C14H27N3O2.ClH/c1-3-5-13(18)16-11-14(19)17(10-4-2)12-6-8-15-9-7-12;/h12,15H,3-11H2,1-2H3,(H,16,18);1H. The summed E-state index contributed by atoms with van der Waals surface area (Å²) >= 11 is 0. The second-order valence-electron chi connectivity index (χ2n) is 5.10. The molecule has 1 saturated heterocycles. The number of nitrogens with one attached hydrogen (secondary N) is 2. The van der Waals surface area contributed by atoms with Gasteiger partial charge in [0.05, 0.1) is 6.54 Å². The van der Waals surface area contributed by atoms with Crippen LogP contribution in [0, 0.1) is 0 Å². The normalized spacial score (nSPS) is 15.3. The topological polar surface area (TPSA) is 61.4 Å². The summed E-state index contributed by atoms with van der Waals surface area (Å²) in [6.45, 7) is 6.91. The molecule has 0 aromatic carbocycles. The minimum Gasteiger partial charge on any atom is -0.347 e. The summed E-state index contributed by atoms with van der Waals surface area (Å²) in [6, 6.07) is 0.330. The zero-order valence-electron chi connectivity index (χ0n) is 12.6. The first kappa shape index (κ1) is 19.2. The highest BCUT2D eigenvalue weighted by atomic mass is 35.5. The van der Waals surface area contributed by atoms with E-state index in [1.165, 1.54) is 0 Å². The largest absolute Gasteiger partial charge is 0.347 e. The number of nitrogens with zero attached hydrogens (tertiary/aromatic N) is 1. The van der Waals surface area contributed by atoms with Crippen LogP contribution in [0.1, 0.15) is 46.0 Å². The van der Waals surface area contributed by atoms with Crippen molar-refractivity contribution < 1.29 is 9.59 Å². The number of hydrogen-bond donors (Lipinski definition) is 2. The number of hydrogen-bond acceptors (Lipinski definition) is 3. The van der Waals surface area contributed by atoms with Crippen molar-refractivity contribution in [3.63, 3.8) is 0 Å². The summed E-state index contributed by atoms with van der Waals surface area (Å²) in [5, 5.41) is 6.03. The molecule has 6 heteroatoms. The van der Waals surface area contributed by atoms with Crippen LogP contribution < -0.4 is 10.6 Å². The van der Waals surface area contributed by atoms with Gasteiger partial charge in [0, 0.05) is 19.0 Å². The maximum atomic E-state index is 12.2. The summed E-state index contributed by atoms with van der Waals surface area (Å²) in [5.74, 6) is 0.0239. The van der Waals surface area contributed by atoms with Gasteiger partial charge >= 0.3 is 0 Å². The highest BCUT2D eigenvalue weighted by molar-refractivity contribution is 5.85. The van der Waals surface area contributed by atoms with Gasteiger partial charge in [-0.05, 0) is 38.8 Å². The average Bonchev–Trinajstić information content (AvgIpc) is 2.43. The number of carbonyl (C=O) groups is 2. The molecule has 20 heavy (non-hydrogen) atoms. The van der Waals surface area contributed by atoms with E-state index in [1.54, 1.807) is 0 Å². The number of amides is 2. The molecule has 1 heterocycles. The van der Waals surface area contributed by atoms with E-state index in [4.69, 9.17) is 0 Å². The van der Waals surface area contributed by atoms with E-state index in [-0.39, 0.29) is 30.8 Å². The lowest BCUT2D eigenvalue weighted by Gasteiger charge is -2.34. The van der Waals surface area contributed by atoms with E-state index in [2.05, 4.69) is 17.6 Å². The molecular formula is C14H28ClN3O2. The molecule has 0 spiro atoms. The van der Waals surface area contributed by atoms with Crippen molar-refractivity contribution in [3.8, 4) is 0 Å². The predicted octanol–water partition coefficient (Wildman–Crippen LogP) is 1.32.